The maximum absolute atomic E-state index is 10.8. The van der Waals surface area contributed by atoms with Crippen LogP contribution in [0.4, 0.5) is 0 Å². The molecule has 1 unspecified atom stereocenters. The van der Waals surface area contributed by atoms with Crippen molar-refractivity contribution in [2.75, 3.05) is 112 Å². The Labute approximate surface area is 205 Å². The fourth-order valence-electron chi connectivity index (χ4n) is 2.20. The second-order valence-electron chi connectivity index (χ2n) is 7.25. The minimum absolute atomic E-state index is 0.206. The summed E-state index contributed by atoms with van der Waals surface area (Å²) >= 11 is 0. The maximum atomic E-state index is 10.8. The summed E-state index contributed by atoms with van der Waals surface area (Å²) in [7, 11) is 0. The van der Waals surface area contributed by atoms with Crippen LogP contribution in [0.1, 0.15) is 20.3 Å². The van der Waals surface area contributed by atoms with Crippen LogP contribution in [0.3, 0.4) is 0 Å². The molecule has 10 nitrogen and oxygen atoms in total. The van der Waals surface area contributed by atoms with E-state index >= 15 is 0 Å². The first-order valence-electron chi connectivity index (χ1n) is 12.1. The molecular formula is C24H46O10. The molecule has 0 spiro atoms. The predicted molar refractivity (Wildman–Crippen MR) is 127 cm³/mol. The van der Waals surface area contributed by atoms with Gasteiger partial charge in [0, 0.05) is 12.7 Å². The molecule has 0 aromatic heterocycles. The van der Waals surface area contributed by atoms with Crippen LogP contribution in [0.25, 0.3) is 0 Å². The predicted octanol–water partition coefficient (Wildman–Crippen LogP) is 1.89. The molecule has 0 radical (unpaired) electrons. The Hall–Kier alpha value is -1.11. The smallest absolute Gasteiger partial charge is 0.330 e. The van der Waals surface area contributed by atoms with Gasteiger partial charge in [0.15, 0.2) is 0 Å². The van der Waals surface area contributed by atoms with E-state index in [9.17, 15) is 4.79 Å². The van der Waals surface area contributed by atoms with Gasteiger partial charge in [-0.25, -0.2) is 4.79 Å². The van der Waals surface area contributed by atoms with Crippen molar-refractivity contribution in [2.24, 2.45) is 5.92 Å². The lowest BCUT2D eigenvalue weighted by molar-refractivity contribution is -0.139. The van der Waals surface area contributed by atoms with E-state index in [4.69, 9.17) is 42.6 Å². The van der Waals surface area contributed by atoms with Gasteiger partial charge in [-0.15, -0.1) is 0 Å². The highest BCUT2D eigenvalue weighted by Crippen LogP contribution is 1.99. The minimum Gasteiger partial charge on any atom is -0.460 e. The van der Waals surface area contributed by atoms with Crippen LogP contribution >= 0.6 is 0 Å². The molecule has 0 rings (SSSR count). The van der Waals surface area contributed by atoms with Crippen LogP contribution in [-0.2, 0) is 47.4 Å². The molecule has 0 fully saturated rings. The second kappa shape index (κ2) is 28.1. The van der Waals surface area contributed by atoms with Gasteiger partial charge in [-0.05, 0) is 5.92 Å². The number of carbonyl (C=O) groups excluding carboxylic acids is 1. The molecule has 34 heavy (non-hydrogen) atoms. The molecule has 0 bridgehead atoms. The number of hydrogen-bond donors (Lipinski definition) is 0. The maximum Gasteiger partial charge on any atom is 0.330 e. The molecule has 0 aromatic carbocycles. The molecule has 0 amide bonds. The first-order valence-corrected chi connectivity index (χ1v) is 12.1. The molecular weight excluding hydrogens is 448 g/mol. The third kappa shape index (κ3) is 27.1. The second-order valence-corrected chi connectivity index (χ2v) is 7.25. The van der Waals surface area contributed by atoms with Crippen LogP contribution in [0.15, 0.2) is 12.7 Å². The van der Waals surface area contributed by atoms with E-state index in [1.165, 1.54) is 0 Å². The first kappa shape index (κ1) is 32.9. The SMILES string of the molecule is C=CC(=O)OCCOCCOCCOCCOCCOCCOCCOCCOCC(C)CC. The number of carbonyl (C=O) groups is 1. The zero-order valence-corrected chi connectivity index (χ0v) is 21.2. The average Bonchev–Trinajstić information content (AvgIpc) is 2.85. The molecule has 202 valence electrons. The number of esters is 1. The minimum atomic E-state index is -0.454. The van der Waals surface area contributed by atoms with Crippen molar-refractivity contribution in [3.63, 3.8) is 0 Å². The van der Waals surface area contributed by atoms with E-state index in [0.717, 1.165) is 19.1 Å². The van der Waals surface area contributed by atoms with Gasteiger partial charge < -0.3 is 42.6 Å². The van der Waals surface area contributed by atoms with Crippen molar-refractivity contribution < 1.29 is 47.4 Å². The van der Waals surface area contributed by atoms with Crippen molar-refractivity contribution in [1.82, 2.24) is 0 Å². The summed E-state index contributed by atoms with van der Waals surface area (Å²) in [5, 5.41) is 0. The third-order valence-electron chi connectivity index (χ3n) is 4.34. The highest BCUT2D eigenvalue weighted by molar-refractivity contribution is 5.81. The largest absolute Gasteiger partial charge is 0.460 e. The fourth-order valence-corrected chi connectivity index (χ4v) is 2.20. The molecule has 0 aliphatic carbocycles. The summed E-state index contributed by atoms with van der Waals surface area (Å²) < 4.78 is 48.1. The van der Waals surface area contributed by atoms with Crippen LogP contribution in [-0.4, -0.2) is 118 Å². The van der Waals surface area contributed by atoms with E-state index in [2.05, 4.69) is 20.4 Å². The number of hydrogen-bond acceptors (Lipinski definition) is 10. The Kier molecular flexibility index (Phi) is 27.2. The normalized spacial score (nSPS) is 12.1. The molecule has 0 aliphatic rings. The van der Waals surface area contributed by atoms with E-state index < -0.39 is 5.97 Å². The zero-order chi connectivity index (χ0) is 25.0. The average molecular weight is 495 g/mol. The monoisotopic (exact) mass is 494 g/mol. The van der Waals surface area contributed by atoms with Gasteiger partial charge in [0.05, 0.1) is 99.1 Å². The number of ether oxygens (including phenoxy) is 9. The Morgan fingerprint density at radius 1 is 0.588 bits per heavy atom. The van der Waals surface area contributed by atoms with E-state index in [0.29, 0.717) is 105 Å². The molecule has 0 saturated heterocycles. The molecule has 0 aliphatic heterocycles. The van der Waals surface area contributed by atoms with Gasteiger partial charge in [0.25, 0.3) is 0 Å². The van der Waals surface area contributed by atoms with Gasteiger partial charge >= 0.3 is 5.97 Å². The van der Waals surface area contributed by atoms with Crippen molar-refractivity contribution >= 4 is 5.97 Å². The molecule has 0 heterocycles. The lowest BCUT2D eigenvalue weighted by atomic mass is 10.1. The Morgan fingerprint density at radius 2 is 0.882 bits per heavy atom. The van der Waals surface area contributed by atoms with Crippen LogP contribution in [0, 0.1) is 5.92 Å². The van der Waals surface area contributed by atoms with Crippen LogP contribution < -0.4 is 0 Å². The van der Waals surface area contributed by atoms with Gasteiger partial charge in [0.2, 0.25) is 0 Å². The van der Waals surface area contributed by atoms with Crippen LogP contribution in [0.2, 0.25) is 0 Å². The van der Waals surface area contributed by atoms with E-state index in [1.807, 2.05) is 0 Å². The standard InChI is InChI=1S/C24H46O10/c1-4-23(3)22-33-19-18-31-15-14-29-11-10-27-7-6-26-8-9-28-12-13-30-16-17-32-20-21-34-24(25)5-2/h5,23H,2,4,6-22H2,1,3H3. The van der Waals surface area contributed by atoms with Gasteiger partial charge in [-0.2, -0.15) is 0 Å². The summed E-state index contributed by atoms with van der Waals surface area (Å²) in [5.41, 5.74) is 0. The first-order chi connectivity index (χ1) is 16.7. The summed E-state index contributed by atoms with van der Waals surface area (Å²) in [5.74, 6) is 0.144. The third-order valence-corrected chi connectivity index (χ3v) is 4.34. The van der Waals surface area contributed by atoms with Crippen LogP contribution in [0.5, 0.6) is 0 Å². The Bertz CT molecular complexity index is 436. The highest BCUT2D eigenvalue weighted by atomic mass is 16.6. The zero-order valence-electron chi connectivity index (χ0n) is 21.2. The Balaban J connectivity index is 3.05. The van der Waals surface area contributed by atoms with Crippen molar-refractivity contribution in [2.45, 2.75) is 20.3 Å². The Morgan fingerprint density at radius 3 is 1.18 bits per heavy atom. The van der Waals surface area contributed by atoms with Gasteiger partial charge in [0.1, 0.15) is 6.61 Å². The topological polar surface area (TPSA) is 100 Å². The fraction of sp³-hybridized carbons (Fsp3) is 0.875. The quantitative estimate of drug-likeness (QED) is 0.0911. The lowest BCUT2D eigenvalue weighted by Gasteiger charge is -2.10. The van der Waals surface area contributed by atoms with E-state index in [-0.39, 0.29) is 6.61 Å². The van der Waals surface area contributed by atoms with Crippen molar-refractivity contribution in [3.05, 3.63) is 12.7 Å². The van der Waals surface area contributed by atoms with Gasteiger partial charge in [-0.1, -0.05) is 26.8 Å². The number of rotatable bonds is 28. The summed E-state index contributed by atoms with van der Waals surface area (Å²) in [6.45, 7) is 16.2. The summed E-state index contributed by atoms with van der Waals surface area (Å²) in [4.78, 5) is 10.8. The molecule has 10 heteroatoms. The van der Waals surface area contributed by atoms with Crippen molar-refractivity contribution in [3.8, 4) is 0 Å². The van der Waals surface area contributed by atoms with Gasteiger partial charge in [-0.3, -0.25) is 0 Å². The summed E-state index contributed by atoms with van der Waals surface area (Å²) in [6.07, 6.45) is 2.25. The van der Waals surface area contributed by atoms with E-state index in [1.54, 1.807) is 0 Å². The van der Waals surface area contributed by atoms with Crippen molar-refractivity contribution in [1.29, 1.82) is 0 Å². The molecule has 0 aromatic rings. The lowest BCUT2D eigenvalue weighted by Crippen LogP contribution is -2.15. The molecule has 0 N–H and O–H groups in total. The summed E-state index contributed by atoms with van der Waals surface area (Å²) in [6, 6.07) is 0. The molecule has 1 atom stereocenters. The molecule has 0 saturated carbocycles. The highest BCUT2D eigenvalue weighted by Gasteiger charge is 1.98.